The summed E-state index contributed by atoms with van der Waals surface area (Å²) in [5.41, 5.74) is -1.49. The van der Waals surface area contributed by atoms with Gasteiger partial charge in [0.05, 0.1) is 34.4 Å². The first kappa shape index (κ1) is 22.5. The summed E-state index contributed by atoms with van der Waals surface area (Å²) >= 11 is 6.20. The van der Waals surface area contributed by atoms with Crippen molar-refractivity contribution in [1.82, 2.24) is 29.1 Å². The number of fused-ring (bicyclic) bond motifs is 1. The summed E-state index contributed by atoms with van der Waals surface area (Å²) in [5.74, 6) is -1.85. The standard InChI is InChI=1S/C21H12ClF4N7O2/c1-10-9-35-20(30-10)16-13(22)6-11(7-28-16)31-19(34)12-8-29-33(17(12)21(24,25)26)15-3-2-14(23)18-27-4-5-32(15)18/h2-9H,1H3,(H,31,34). The molecule has 0 saturated carbocycles. The van der Waals surface area contributed by atoms with Gasteiger partial charge in [-0.05, 0) is 25.1 Å². The molecule has 5 rings (SSSR count). The van der Waals surface area contributed by atoms with Crippen molar-refractivity contribution in [2.24, 2.45) is 0 Å². The highest BCUT2D eigenvalue weighted by molar-refractivity contribution is 6.33. The summed E-state index contributed by atoms with van der Waals surface area (Å²) in [6.45, 7) is 1.71. The van der Waals surface area contributed by atoms with Gasteiger partial charge in [-0.3, -0.25) is 9.20 Å². The number of aryl methyl sites for hydroxylation is 1. The first-order valence-corrected chi connectivity index (χ1v) is 10.2. The quantitative estimate of drug-likeness (QED) is 0.347. The lowest BCUT2D eigenvalue weighted by Crippen LogP contribution is -2.21. The number of carbonyl (C=O) groups is 1. The van der Waals surface area contributed by atoms with E-state index in [0.29, 0.717) is 10.4 Å². The van der Waals surface area contributed by atoms with E-state index >= 15 is 0 Å². The van der Waals surface area contributed by atoms with E-state index in [2.05, 4.69) is 25.4 Å². The molecule has 1 amide bonds. The third-order valence-electron chi connectivity index (χ3n) is 4.90. The molecule has 1 N–H and O–H groups in total. The predicted molar refractivity (Wildman–Crippen MR) is 115 cm³/mol. The fourth-order valence-corrected chi connectivity index (χ4v) is 3.67. The van der Waals surface area contributed by atoms with Gasteiger partial charge in [-0.1, -0.05) is 11.6 Å². The lowest BCUT2D eigenvalue weighted by molar-refractivity contribution is -0.143. The maximum atomic E-state index is 14.0. The molecule has 0 radical (unpaired) electrons. The minimum Gasteiger partial charge on any atom is -0.443 e. The molecule has 5 aromatic heterocycles. The van der Waals surface area contributed by atoms with Crippen LogP contribution >= 0.6 is 11.6 Å². The molecule has 178 valence electrons. The fourth-order valence-electron chi connectivity index (χ4n) is 3.43. The van der Waals surface area contributed by atoms with Gasteiger partial charge >= 0.3 is 6.18 Å². The van der Waals surface area contributed by atoms with E-state index in [0.717, 1.165) is 22.7 Å². The van der Waals surface area contributed by atoms with Gasteiger partial charge in [0.1, 0.15) is 17.8 Å². The summed E-state index contributed by atoms with van der Waals surface area (Å²) in [6.07, 6.45) is 0.895. The highest BCUT2D eigenvalue weighted by Crippen LogP contribution is 2.34. The van der Waals surface area contributed by atoms with Crippen molar-refractivity contribution >= 4 is 28.8 Å². The summed E-state index contributed by atoms with van der Waals surface area (Å²) in [4.78, 5) is 24.8. The molecule has 5 aromatic rings. The number of alkyl halides is 3. The number of rotatable bonds is 4. The van der Waals surface area contributed by atoms with Gasteiger partial charge < -0.3 is 9.73 Å². The molecule has 14 heteroatoms. The van der Waals surface area contributed by atoms with Crippen molar-refractivity contribution in [2.75, 3.05) is 5.32 Å². The highest BCUT2D eigenvalue weighted by Gasteiger charge is 2.41. The van der Waals surface area contributed by atoms with Gasteiger partial charge in [0.15, 0.2) is 17.2 Å². The molecule has 5 heterocycles. The largest absolute Gasteiger partial charge is 0.443 e. The monoisotopic (exact) mass is 505 g/mol. The lowest BCUT2D eigenvalue weighted by Gasteiger charge is -2.14. The molecule has 35 heavy (non-hydrogen) atoms. The van der Waals surface area contributed by atoms with Crippen LogP contribution in [0.2, 0.25) is 5.02 Å². The van der Waals surface area contributed by atoms with E-state index in [9.17, 15) is 22.4 Å². The van der Waals surface area contributed by atoms with Crippen LogP contribution in [0.25, 0.3) is 23.0 Å². The van der Waals surface area contributed by atoms with E-state index in [1.165, 1.54) is 30.9 Å². The number of hydrogen-bond donors (Lipinski definition) is 1. The summed E-state index contributed by atoms with van der Waals surface area (Å²) in [7, 11) is 0. The first-order chi connectivity index (χ1) is 16.6. The molecule has 0 aromatic carbocycles. The third kappa shape index (κ3) is 3.99. The minimum atomic E-state index is -4.98. The van der Waals surface area contributed by atoms with Crippen LogP contribution in [-0.4, -0.2) is 35.0 Å². The zero-order valence-electron chi connectivity index (χ0n) is 17.5. The minimum absolute atomic E-state index is 0.0340. The van der Waals surface area contributed by atoms with E-state index < -0.39 is 29.2 Å². The molecule has 0 atom stereocenters. The number of aromatic nitrogens is 6. The number of halogens is 5. The van der Waals surface area contributed by atoms with E-state index in [4.69, 9.17) is 16.0 Å². The number of carbonyl (C=O) groups excluding carboxylic acids is 1. The topological polar surface area (TPSA) is 103 Å². The van der Waals surface area contributed by atoms with Gasteiger partial charge in [0.25, 0.3) is 5.91 Å². The van der Waals surface area contributed by atoms with Gasteiger partial charge in [0.2, 0.25) is 5.89 Å². The van der Waals surface area contributed by atoms with Crippen LogP contribution in [0.15, 0.2) is 53.7 Å². The molecule has 0 aliphatic rings. The lowest BCUT2D eigenvalue weighted by atomic mass is 10.2. The van der Waals surface area contributed by atoms with E-state index in [1.54, 1.807) is 6.92 Å². The average molecular weight is 506 g/mol. The molecule has 0 aliphatic heterocycles. The molecular formula is C21H12ClF4N7O2. The molecule has 0 spiro atoms. The second-order valence-corrected chi connectivity index (χ2v) is 7.69. The van der Waals surface area contributed by atoms with Crippen molar-refractivity contribution in [3.63, 3.8) is 0 Å². The second-order valence-electron chi connectivity index (χ2n) is 7.28. The number of hydrogen-bond acceptors (Lipinski definition) is 6. The number of nitrogens with one attached hydrogen (secondary N) is 1. The molecule has 0 unspecified atom stereocenters. The molecule has 0 bridgehead atoms. The first-order valence-electron chi connectivity index (χ1n) is 9.80. The zero-order valence-corrected chi connectivity index (χ0v) is 18.3. The Morgan fingerprint density at radius 1 is 1.20 bits per heavy atom. The van der Waals surface area contributed by atoms with Crippen molar-refractivity contribution in [1.29, 1.82) is 0 Å². The summed E-state index contributed by atoms with van der Waals surface area (Å²) in [6, 6.07) is 3.36. The van der Waals surface area contributed by atoms with Crippen LogP contribution < -0.4 is 5.32 Å². The smallest absolute Gasteiger partial charge is 0.434 e. The van der Waals surface area contributed by atoms with E-state index in [1.807, 2.05) is 0 Å². The normalized spacial score (nSPS) is 11.8. The summed E-state index contributed by atoms with van der Waals surface area (Å²) < 4.78 is 62.9. The van der Waals surface area contributed by atoms with Crippen LogP contribution in [0.5, 0.6) is 0 Å². The van der Waals surface area contributed by atoms with Crippen molar-refractivity contribution in [3.8, 4) is 17.4 Å². The Kier molecular flexibility index (Phi) is 5.28. The van der Waals surface area contributed by atoms with Crippen molar-refractivity contribution in [3.05, 3.63) is 77.0 Å². The number of anilines is 1. The maximum absolute atomic E-state index is 14.0. The highest BCUT2D eigenvalue weighted by atomic mass is 35.5. The Morgan fingerprint density at radius 2 is 2.00 bits per heavy atom. The van der Waals surface area contributed by atoms with Gasteiger partial charge in [-0.2, -0.15) is 18.3 Å². The number of nitrogens with zero attached hydrogens (tertiary/aromatic N) is 6. The number of amides is 1. The number of pyridine rings is 2. The average Bonchev–Trinajstić information content (AvgIpc) is 3.53. The van der Waals surface area contributed by atoms with Gasteiger partial charge in [0, 0.05) is 12.4 Å². The Labute approximate surface area is 198 Å². The van der Waals surface area contributed by atoms with Crippen molar-refractivity contribution < 1.29 is 26.8 Å². The second kappa shape index (κ2) is 8.20. The maximum Gasteiger partial charge on any atom is 0.434 e. The summed E-state index contributed by atoms with van der Waals surface area (Å²) in [5, 5.41) is 6.14. The van der Waals surface area contributed by atoms with Crippen molar-refractivity contribution in [2.45, 2.75) is 13.1 Å². The predicted octanol–water partition coefficient (Wildman–Crippen LogP) is 4.94. The molecule has 9 nitrogen and oxygen atoms in total. The van der Waals surface area contributed by atoms with Crippen LogP contribution in [0.4, 0.5) is 23.2 Å². The Bertz CT molecular complexity index is 1590. The van der Waals surface area contributed by atoms with Crippen LogP contribution in [0.1, 0.15) is 21.7 Å². The zero-order chi connectivity index (χ0) is 24.9. The fraction of sp³-hybridized carbons (Fsp3) is 0.0952. The van der Waals surface area contributed by atoms with Crippen LogP contribution in [0, 0.1) is 12.7 Å². The molecular weight excluding hydrogens is 494 g/mol. The molecule has 0 fully saturated rings. The van der Waals surface area contributed by atoms with Gasteiger partial charge in [-0.25, -0.2) is 24.0 Å². The van der Waals surface area contributed by atoms with Crippen LogP contribution in [0.3, 0.4) is 0 Å². The Balaban J connectivity index is 1.51. The molecule has 0 aliphatic carbocycles. The number of imidazole rings is 1. The Morgan fingerprint density at radius 3 is 2.69 bits per heavy atom. The van der Waals surface area contributed by atoms with Crippen LogP contribution in [-0.2, 0) is 6.18 Å². The SMILES string of the molecule is Cc1coc(-c2ncc(NC(=O)c3cnn(-c4ccc(F)c5nccn45)c3C(F)(F)F)cc2Cl)n1. The Hall–Kier alpha value is -4.26. The third-order valence-corrected chi connectivity index (χ3v) is 5.19. The molecule has 0 saturated heterocycles. The van der Waals surface area contributed by atoms with E-state index in [-0.39, 0.29) is 33.8 Å². The number of oxazole rings is 1. The van der Waals surface area contributed by atoms with Gasteiger partial charge in [-0.15, -0.1) is 0 Å².